The van der Waals surface area contributed by atoms with Gasteiger partial charge in [-0.1, -0.05) is 18.2 Å². The number of urea groups is 1. The van der Waals surface area contributed by atoms with Gasteiger partial charge in [0.2, 0.25) is 5.95 Å². The minimum atomic E-state index is -0.0522. The van der Waals surface area contributed by atoms with Crippen molar-refractivity contribution in [2.24, 2.45) is 0 Å². The highest BCUT2D eigenvalue weighted by atomic mass is 16.2. The van der Waals surface area contributed by atoms with E-state index in [1.165, 1.54) is 0 Å². The number of nitrogens with zero attached hydrogens (tertiary/aromatic N) is 3. The van der Waals surface area contributed by atoms with Gasteiger partial charge in [0.15, 0.2) is 0 Å². The molecule has 2 amide bonds. The van der Waals surface area contributed by atoms with Gasteiger partial charge in [0.25, 0.3) is 0 Å². The average molecular weight is 305 g/mol. The fourth-order valence-electron chi connectivity index (χ4n) is 2.60. The lowest BCUT2D eigenvalue weighted by Crippen LogP contribution is -2.27. The lowest BCUT2D eigenvalue weighted by atomic mass is 10.2. The number of para-hydroxylation sites is 1. The van der Waals surface area contributed by atoms with E-state index in [9.17, 15) is 4.79 Å². The number of hydrogen-bond acceptors (Lipinski definition) is 4. The molecule has 3 aromatic rings. The Morgan fingerprint density at radius 2 is 1.91 bits per heavy atom. The fourth-order valence-corrected chi connectivity index (χ4v) is 2.60. The second kappa shape index (κ2) is 5.57. The lowest BCUT2D eigenvalue weighted by molar-refractivity contribution is 0.252. The Labute approximate surface area is 133 Å². The van der Waals surface area contributed by atoms with Crippen molar-refractivity contribution in [3.8, 4) is 0 Å². The van der Waals surface area contributed by atoms with Crippen molar-refractivity contribution >= 4 is 34.3 Å². The zero-order valence-corrected chi connectivity index (χ0v) is 12.4. The molecule has 0 spiro atoms. The smallest absolute Gasteiger partial charge is 0.321 e. The van der Waals surface area contributed by atoms with Gasteiger partial charge < -0.3 is 10.6 Å². The van der Waals surface area contributed by atoms with Crippen molar-refractivity contribution in [3.63, 3.8) is 0 Å². The Morgan fingerprint density at radius 1 is 1.09 bits per heavy atom. The predicted molar refractivity (Wildman–Crippen MR) is 90.0 cm³/mol. The van der Waals surface area contributed by atoms with Crippen LogP contribution in [0.3, 0.4) is 0 Å². The minimum absolute atomic E-state index is 0.0522. The highest BCUT2D eigenvalue weighted by Crippen LogP contribution is 2.21. The van der Waals surface area contributed by atoms with Crippen LogP contribution in [0.2, 0.25) is 0 Å². The zero-order chi connectivity index (χ0) is 15.6. The van der Waals surface area contributed by atoms with Crippen molar-refractivity contribution in [2.45, 2.75) is 0 Å². The topological polar surface area (TPSA) is 70.2 Å². The van der Waals surface area contributed by atoms with Gasteiger partial charge in [-0.25, -0.2) is 14.8 Å². The maximum Gasteiger partial charge on any atom is 0.321 e. The normalized spacial score (nSPS) is 14.1. The number of amides is 2. The second-order valence-electron chi connectivity index (χ2n) is 5.31. The molecule has 4 rings (SSSR count). The van der Waals surface area contributed by atoms with Crippen LogP contribution < -0.4 is 15.5 Å². The SMILES string of the molecule is O=C1NCCN1c1ccc(Nc2ncc3ccccc3n2)cc1. The average Bonchev–Trinajstić information content (AvgIpc) is 3.02. The maximum atomic E-state index is 11.7. The van der Waals surface area contributed by atoms with Crippen molar-refractivity contribution in [2.75, 3.05) is 23.3 Å². The van der Waals surface area contributed by atoms with Gasteiger partial charge in [0.1, 0.15) is 0 Å². The van der Waals surface area contributed by atoms with E-state index in [1.807, 2.05) is 48.5 Å². The summed E-state index contributed by atoms with van der Waals surface area (Å²) in [6, 6.07) is 15.5. The summed E-state index contributed by atoms with van der Waals surface area (Å²) >= 11 is 0. The van der Waals surface area contributed by atoms with E-state index in [-0.39, 0.29) is 6.03 Å². The first kappa shape index (κ1) is 13.5. The number of hydrogen-bond donors (Lipinski definition) is 2. The Kier molecular flexibility index (Phi) is 3.27. The van der Waals surface area contributed by atoms with Crippen LogP contribution in [0, 0.1) is 0 Å². The van der Waals surface area contributed by atoms with Gasteiger partial charge in [-0.05, 0) is 30.3 Å². The Balaban J connectivity index is 1.54. The minimum Gasteiger partial charge on any atom is -0.336 e. The van der Waals surface area contributed by atoms with Crippen LogP contribution in [0.4, 0.5) is 22.1 Å². The molecule has 1 aliphatic heterocycles. The van der Waals surface area contributed by atoms with E-state index in [2.05, 4.69) is 20.6 Å². The molecule has 114 valence electrons. The molecule has 6 nitrogen and oxygen atoms in total. The first-order valence-electron chi connectivity index (χ1n) is 7.44. The number of nitrogens with one attached hydrogen (secondary N) is 2. The highest BCUT2D eigenvalue weighted by Gasteiger charge is 2.20. The molecule has 0 atom stereocenters. The van der Waals surface area contributed by atoms with Gasteiger partial charge in [0.05, 0.1) is 5.52 Å². The summed E-state index contributed by atoms with van der Waals surface area (Å²) in [6.07, 6.45) is 1.80. The number of fused-ring (bicyclic) bond motifs is 1. The van der Waals surface area contributed by atoms with Crippen LogP contribution in [0.25, 0.3) is 10.9 Å². The zero-order valence-electron chi connectivity index (χ0n) is 12.4. The molecule has 0 saturated carbocycles. The molecule has 0 radical (unpaired) electrons. The van der Waals surface area contributed by atoms with Crippen molar-refractivity contribution in [1.82, 2.24) is 15.3 Å². The lowest BCUT2D eigenvalue weighted by Gasteiger charge is -2.14. The van der Waals surface area contributed by atoms with E-state index in [4.69, 9.17) is 0 Å². The van der Waals surface area contributed by atoms with Gasteiger partial charge in [-0.3, -0.25) is 4.90 Å². The number of carbonyl (C=O) groups is 1. The molecule has 0 aliphatic carbocycles. The summed E-state index contributed by atoms with van der Waals surface area (Å²) in [5.74, 6) is 0.551. The fraction of sp³-hybridized carbons (Fsp3) is 0.118. The van der Waals surface area contributed by atoms with Crippen LogP contribution in [0.15, 0.2) is 54.7 Å². The van der Waals surface area contributed by atoms with Crippen LogP contribution in [0.5, 0.6) is 0 Å². The van der Waals surface area contributed by atoms with E-state index < -0.39 is 0 Å². The molecule has 2 heterocycles. The number of anilines is 3. The molecular weight excluding hydrogens is 290 g/mol. The molecule has 1 fully saturated rings. The second-order valence-corrected chi connectivity index (χ2v) is 5.31. The molecule has 23 heavy (non-hydrogen) atoms. The largest absolute Gasteiger partial charge is 0.336 e. The third-order valence-corrected chi connectivity index (χ3v) is 3.78. The van der Waals surface area contributed by atoms with Gasteiger partial charge in [-0.2, -0.15) is 0 Å². The molecule has 0 unspecified atom stereocenters. The van der Waals surface area contributed by atoms with Crippen molar-refractivity contribution in [1.29, 1.82) is 0 Å². The molecule has 6 heteroatoms. The number of benzene rings is 2. The van der Waals surface area contributed by atoms with Gasteiger partial charge in [0, 0.05) is 36.0 Å². The summed E-state index contributed by atoms with van der Waals surface area (Å²) in [6.45, 7) is 1.38. The highest BCUT2D eigenvalue weighted by molar-refractivity contribution is 5.94. The molecule has 2 N–H and O–H groups in total. The number of rotatable bonds is 3. The predicted octanol–water partition coefficient (Wildman–Crippen LogP) is 2.90. The number of aromatic nitrogens is 2. The molecule has 1 aromatic heterocycles. The van der Waals surface area contributed by atoms with E-state index >= 15 is 0 Å². The van der Waals surface area contributed by atoms with E-state index in [0.717, 1.165) is 22.3 Å². The quantitative estimate of drug-likeness (QED) is 0.780. The van der Waals surface area contributed by atoms with Gasteiger partial charge >= 0.3 is 6.03 Å². The number of carbonyl (C=O) groups excluding carboxylic acids is 1. The molecule has 2 aromatic carbocycles. The molecular formula is C17H15N5O. The first-order valence-corrected chi connectivity index (χ1v) is 7.44. The summed E-state index contributed by atoms with van der Waals surface area (Å²) in [7, 11) is 0. The standard InChI is InChI=1S/C17H15N5O/c23-17-18-9-10-22(17)14-7-5-13(6-8-14)20-16-19-11-12-3-1-2-4-15(12)21-16/h1-8,11H,9-10H2,(H,18,23)(H,19,20,21). The molecule has 1 saturated heterocycles. The summed E-state index contributed by atoms with van der Waals surface area (Å²) in [5, 5.41) is 6.98. The monoisotopic (exact) mass is 305 g/mol. The molecule has 0 bridgehead atoms. The van der Waals surface area contributed by atoms with Crippen LogP contribution in [-0.4, -0.2) is 29.1 Å². The van der Waals surface area contributed by atoms with Crippen LogP contribution in [0.1, 0.15) is 0 Å². The summed E-state index contributed by atoms with van der Waals surface area (Å²) < 4.78 is 0. The first-order chi connectivity index (χ1) is 11.3. The maximum absolute atomic E-state index is 11.7. The van der Waals surface area contributed by atoms with Crippen molar-refractivity contribution in [3.05, 3.63) is 54.7 Å². The Bertz CT molecular complexity index is 862. The van der Waals surface area contributed by atoms with E-state index in [1.54, 1.807) is 11.1 Å². The van der Waals surface area contributed by atoms with Gasteiger partial charge in [-0.15, -0.1) is 0 Å². The van der Waals surface area contributed by atoms with Crippen LogP contribution in [-0.2, 0) is 0 Å². The third-order valence-electron chi connectivity index (χ3n) is 3.78. The third kappa shape index (κ3) is 2.66. The Hall–Kier alpha value is -3.15. The molecule has 1 aliphatic rings. The Morgan fingerprint density at radius 3 is 2.70 bits per heavy atom. The van der Waals surface area contributed by atoms with Crippen LogP contribution >= 0.6 is 0 Å². The summed E-state index contributed by atoms with van der Waals surface area (Å²) in [4.78, 5) is 22.2. The summed E-state index contributed by atoms with van der Waals surface area (Å²) in [5.41, 5.74) is 2.66. The van der Waals surface area contributed by atoms with E-state index in [0.29, 0.717) is 19.0 Å². The van der Waals surface area contributed by atoms with Crippen molar-refractivity contribution < 1.29 is 4.79 Å².